The lowest BCUT2D eigenvalue weighted by Crippen LogP contribution is -2.16. The van der Waals surface area contributed by atoms with E-state index in [1.807, 2.05) is 18.3 Å². The molecule has 0 radical (unpaired) electrons. The number of hydrogen-bond acceptors (Lipinski definition) is 2. The summed E-state index contributed by atoms with van der Waals surface area (Å²) in [5, 5.41) is 3.36. The van der Waals surface area contributed by atoms with Crippen molar-refractivity contribution in [3.8, 4) is 11.4 Å². The van der Waals surface area contributed by atoms with E-state index in [2.05, 4.69) is 21.8 Å². The number of aryl methyl sites for hydroxylation is 1. The third kappa shape index (κ3) is 2.90. The van der Waals surface area contributed by atoms with Crippen molar-refractivity contribution in [1.29, 1.82) is 0 Å². The lowest BCUT2D eigenvalue weighted by Gasteiger charge is -2.09. The number of aromatic nitrogens is 2. The molecular weight excluding hydrogens is 253 g/mol. The molecule has 0 bridgehead atoms. The lowest BCUT2D eigenvalue weighted by molar-refractivity contribution is 0.587. The van der Waals surface area contributed by atoms with Crippen LogP contribution in [0.1, 0.15) is 31.7 Å². The molecule has 0 unspecified atom stereocenters. The van der Waals surface area contributed by atoms with E-state index in [9.17, 15) is 4.39 Å². The smallest absolute Gasteiger partial charge is 0.139 e. The van der Waals surface area contributed by atoms with Crippen molar-refractivity contribution in [3.63, 3.8) is 0 Å². The molecule has 1 aromatic carbocycles. The molecule has 0 atom stereocenters. The Balaban J connectivity index is 1.84. The van der Waals surface area contributed by atoms with Crippen LogP contribution in [0.3, 0.4) is 0 Å². The van der Waals surface area contributed by atoms with Crippen LogP contribution >= 0.6 is 0 Å². The van der Waals surface area contributed by atoms with Gasteiger partial charge in [-0.25, -0.2) is 9.37 Å². The molecule has 1 aromatic heterocycles. The monoisotopic (exact) mass is 273 g/mol. The summed E-state index contributed by atoms with van der Waals surface area (Å²) in [6, 6.07) is 5.86. The van der Waals surface area contributed by atoms with Gasteiger partial charge < -0.3 is 9.88 Å². The Bertz CT molecular complexity index is 587. The van der Waals surface area contributed by atoms with Gasteiger partial charge in [-0.1, -0.05) is 6.92 Å². The molecule has 1 N–H and O–H groups in total. The number of rotatable bonds is 6. The highest BCUT2D eigenvalue weighted by Gasteiger charge is 2.20. The second-order valence-corrected chi connectivity index (χ2v) is 5.41. The van der Waals surface area contributed by atoms with Gasteiger partial charge in [-0.05, 0) is 37.5 Å². The van der Waals surface area contributed by atoms with E-state index >= 15 is 0 Å². The average molecular weight is 273 g/mol. The van der Waals surface area contributed by atoms with Gasteiger partial charge in [0, 0.05) is 42.7 Å². The summed E-state index contributed by atoms with van der Waals surface area (Å²) in [5.41, 5.74) is 1.71. The summed E-state index contributed by atoms with van der Waals surface area (Å²) in [5.74, 6) is 0.773. The van der Waals surface area contributed by atoms with Crippen molar-refractivity contribution < 1.29 is 4.39 Å². The molecule has 1 aliphatic rings. The topological polar surface area (TPSA) is 29.9 Å². The molecule has 4 heteroatoms. The van der Waals surface area contributed by atoms with Crippen molar-refractivity contribution in [2.45, 2.75) is 45.3 Å². The van der Waals surface area contributed by atoms with Gasteiger partial charge in [-0.15, -0.1) is 0 Å². The van der Waals surface area contributed by atoms with Crippen molar-refractivity contribution >= 4 is 0 Å². The molecule has 2 aromatic rings. The maximum Gasteiger partial charge on any atom is 0.139 e. The molecule has 20 heavy (non-hydrogen) atoms. The third-order valence-electron chi connectivity index (χ3n) is 3.64. The van der Waals surface area contributed by atoms with Crippen LogP contribution in [0.25, 0.3) is 11.4 Å². The van der Waals surface area contributed by atoms with Crippen LogP contribution in [0.5, 0.6) is 0 Å². The zero-order valence-corrected chi connectivity index (χ0v) is 11.8. The zero-order chi connectivity index (χ0) is 13.9. The first-order valence-corrected chi connectivity index (χ1v) is 7.31. The summed E-state index contributed by atoms with van der Waals surface area (Å²) >= 11 is 0. The van der Waals surface area contributed by atoms with Gasteiger partial charge in [0.2, 0.25) is 0 Å². The first-order valence-electron chi connectivity index (χ1n) is 7.31. The van der Waals surface area contributed by atoms with Gasteiger partial charge in [-0.3, -0.25) is 0 Å². The van der Waals surface area contributed by atoms with E-state index in [0.29, 0.717) is 12.6 Å². The van der Waals surface area contributed by atoms with Crippen molar-refractivity contribution in [2.75, 3.05) is 0 Å². The van der Waals surface area contributed by atoms with Gasteiger partial charge in [0.05, 0.1) is 0 Å². The Hall–Kier alpha value is -1.68. The van der Waals surface area contributed by atoms with E-state index in [0.717, 1.165) is 29.9 Å². The summed E-state index contributed by atoms with van der Waals surface area (Å²) in [6.45, 7) is 3.67. The molecular formula is C16H20FN3. The Labute approximate surface area is 118 Å². The fraction of sp³-hybridized carbons (Fsp3) is 0.438. The van der Waals surface area contributed by atoms with Crippen LogP contribution in [0.4, 0.5) is 4.39 Å². The number of halogens is 1. The predicted octanol–water partition coefficient (Wildman–Crippen LogP) is 3.35. The largest absolute Gasteiger partial charge is 0.331 e. The minimum atomic E-state index is -0.143. The molecule has 3 rings (SSSR count). The van der Waals surface area contributed by atoms with E-state index in [1.165, 1.54) is 12.8 Å². The molecule has 1 aliphatic carbocycles. The van der Waals surface area contributed by atoms with Crippen LogP contribution in [-0.4, -0.2) is 15.6 Å². The molecule has 1 fully saturated rings. The fourth-order valence-corrected chi connectivity index (χ4v) is 2.38. The summed E-state index contributed by atoms with van der Waals surface area (Å²) in [6.07, 6.45) is 7.26. The number of benzene rings is 1. The van der Waals surface area contributed by atoms with E-state index in [-0.39, 0.29) is 5.82 Å². The second-order valence-electron chi connectivity index (χ2n) is 5.41. The lowest BCUT2D eigenvalue weighted by atomic mass is 10.1. The molecule has 1 saturated carbocycles. The van der Waals surface area contributed by atoms with Gasteiger partial charge in [0.25, 0.3) is 0 Å². The molecule has 0 aliphatic heterocycles. The zero-order valence-electron chi connectivity index (χ0n) is 11.8. The molecule has 3 nitrogen and oxygen atoms in total. The van der Waals surface area contributed by atoms with Crippen LogP contribution in [0.15, 0.2) is 30.6 Å². The average Bonchev–Trinajstić information content (AvgIpc) is 3.17. The minimum Gasteiger partial charge on any atom is -0.331 e. The van der Waals surface area contributed by atoms with Crippen LogP contribution in [0.2, 0.25) is 0 Å². The van der Waals surface area contributed by atoms with Gasteiger partial charge in [-0.2, -0.15) is 0 Å². The molecule has 1 heterocycles. The Kier molecular flexibility index (Phi) is 3.83. The Morgan fingerprint density at radius 1 is 1.40 bits per heavy atom. The highest BCUT2D eigenvalue weighted by molar-refractivity contribution is 5.57. The van der Waals surface area contributed by atoms with Crippen molar-refractivity contribution in [1.82, 2.24) is 14.9 Å². The summed E-state index contributed by atoms with van der Waals surface area (Å²) in [4.78, 5) is 4.40. The standard InChI is InChI=1S/C16H20FN3/c1-2-8-20-9-7-18-16(20)12-3-6-15(17)13(10-12)11-19-14-4-5-14/h3,6-7,9-10,14,19H,2,4-5,8,11H2,1H3. The van der Waals surface area contributed by atoms with Crippen LogP contribution in [-0.2, 0) is 13.1 Å². The van der Waals surface area contributed by atoms with Crippen molar-refractivity contribution in [2.24, 2.45) is 0 Å². The van der Waals surface area contributed by atoms with E-state index in [4.69, 9.17) is 0 Å². The fourth-order valence-electron chi connectivity index (χ4n) is 2.38. The van der Waals surface area contributed by atoms with Gasteiger partial charge >= 0.3 is 0 Å². The highest BCUT2D eigenvalue weighted by Crippen LogP contribution is 2.23. The Morgan fingerprint density at radius 2 is 2.25 bits per heavy atom. The van der Waals surface area contributed by atoms with Crippen molar-refractivity contribution in [3.05, 3.63) is 42.0 Å². The van der Waals surface area contributed by atoms with E-state index in [1.54, 1.807) is 12.3 Å². The Morgan fingerprint density at radius 3 is 3.00 bits per heavy atom. The first kappa shape index (κ1) is 13.3. The van der Waals surface area contributed by atoms with Crippen LogP contribution < -0.4 is 5.32 Å². The van der Waals surface area contributed by atoms with E-state index < -0.39 is 0 Å². The number of nitrogens with zero attached hydrogens (tertiary/aromatic N) is 2. The number of hydrogen-bond donors (Lipinski definition) is 1. The maximum atomic E-state index is 13.9. The molecule has 0 saturated heterocycles. The third-order valence-corrected chi connectivity index (χ3v) is 3.64. The SMILES string of the molecule is CCCn1ccnc1-c1ccc(F)c(CNC2CC2)c1. The van der Waals surface area contributed by atoms with Gasteiger partial charge in [0.15, 0.2) is 0 Å². The quantitative estimate of drug-likeness (QED) is 0.874. The first-order chi connectivity index (χ1) is 9.78. The summed E-state index contributed by atoms with van der Waals surface area (Å²) < 4.78 is 16.0. The highest BCUT2D eigenvalue weighted by atomic mass is 19.1. The molecule has 0 spiro atoms. The molecule has 0 amide bonds. The number of imidazole rings is 1. The second kappa shape index (κ2) is 5.75. The van der Waals surface area contributed by atoms with Crippen LogP contribution in [0, 0.1) is 5.82 Å². The number of nitrogens with one attached hydrogen (secondary N) is 1. The minimum absolute atomic E-state index is 0.143. The molecule has 106 valence electrons. The predicted molar refractivity (Wildman–Crippen MR) is 77.8 cm³/mol. The normalized spacial score (nSPS) is 14.7. The maximum absolute atomic E-state index is 13.9. The summed E-state index contributed by atoms with van der Waals surface area (Å²) in [7, 11) is 0. The van der Waals surface area contributed by atoms with Gasteiger partial charge in [0.1, 0.15) is 11.6 Å².